The molecule has 0 bridgehead atoms. The first-order valence-corrected chi connectivity index (χ1v) is 6.12. The van der Waals surface area contributed by atoms with E-state index >= 15 is 0 Å². The van der Waals surface area contributed by atoms with E-state index in [0.29, 0.717) is 32.6 Å². The van der Waals surface area contributed by atoms with Crippen molar-refractivity contribution in [2.24, 2.45) is 0 Å². The Morgan fingerprint density at radius 2 is 1.95 bits per heavy atom. The van der Waals surface area contributed by atoms with Crippen molar-refractivity contribution in [2.75, 3.05) is 6.61 Å². The van der Waals surface area contributed by atoms with Gasteiger partial charge >= 0.3 is 0 Å². The minimum absolute atomic E-state index is 0.363. The second kappa shape index (κ2) is 6.53. The van der Waals surface area contributed by atoms with E-state index in [2.05, 4.69) is 11.1 Å². The van der Waals surface area contributed by atoms with E-state index < -0.39 is 0 Å². The molecule has 0 aliphatic heterocycles. The summed E-state index contributed by atoms with van der Waals surface area (Å²) in [6, 6.07) is 12.0. The standard InChI is InChI=1S/C14H14N4O/c15-7-3-9-18-13-6-2-1-5-12(13)17-14(18)11-19-10-4-8-16/h1-2,5-6H,3-4,9-11H2. The molecule has 19 heavy (non-hydrogen) atoms. The minimum atomic E-state index is 0.363. The summed E-state index contributed by atoms with van der Waals surface area (Å²) in [5.74, 6) is 0.800. The van der Waals surface area contributed by atoms with Gasteiger partial charge in [-0.2, -0.15) is 10.5 Å². The molecule has 5 heteroatoms. The fraction of sp³-hybridized carbons (Fsp3) is 0.357. The number of imidazole rings is 1. The number of fused-ring (bicyclic) bond motifs is 1. The molecule has 0 fully saturated rings. The van der Waals surface area contributed by atoms with Gasteiger partial charge in [-0.25, -0.2) is 4.98 Å². The van der Waals surface area contributed by atoms with Gasteiger partial charge in [0.15, 0.2) is 0 Å². The topological polar surface area (TPSA) is 74.6 Å². The number of hydrogen-bond acceptors (Lipinski definition) is 4. The number of aromatic nitrogens is 2. The molecule has 0 N–H and O–H groups in total. The van der Waals surface area contributed by atoms with Crippen molar-refractivity contribution >= 4 is 11.0 Å². The first-order valence-electron chi connectivity index (χ1n) is 6.12. The summed E-state index contributed by atoms with van der Waals surface area (Å²) in [7, 11) is 0. The summed E-state index contributed by atoms with van der Waals surface area (Å²) in [5, 5.41) is 17.2. The van der Waals surface area contributed by atoms with E-state index in [1.54, 1.807) is 0 Å². The van der Waals surface area contributed by atoms with Gasteiger partial charge in [0, 0.05) is 6.54 Å². The Labute approximate surface area is 111 Å². The second-order valence-electron chi connectivity index (χ2n) is 4.04. The molecule has 96 valence electrons. The lowest BCUT2D eigenvalue weighted by atomic mass is 10.3. The lowest BCUT2D eigenvalue weighted by Gasteiger charge is -2.06. The Hall–Kier alpha value is -2.37. The number of rotatable bonds is 6. The summed E-state index contributed by atoms with van der Waals surface area (Å²) in [6.07, 6.45) is 0.809. The maximum absolute atomic E-state index is 8.72. The molecule has 2 aromatic rings. The number of nitriles is 2. The molecule has 2 rings (SSSR count). The highest BCUT2D eigenvalue weighted by atomic mass is 16.5. The third kappa shape index (κ3) is 3.09. The predicted octanol–water partition coefficient (Wildman–Crippen LogP) is 2.38. The van der Waals surface area contributed by atoms with Gasteiger partial charge in [-0.3, -0.25) is 0 Å². The van der Waals surface area contributed by atoms with Crippen molar-refractivity contribution < 1.29 is 4.74 Å². The van der Waals surface area contributed by atoms with Gasteiger partial charge in [-0.05, 0) is 12.1 Å². The fourth-order valence-electron chi connectivity index (χ4n) is 1.93. The number of ether oxygens (including phenoxy) is 1. The quantitative estimate of drug-likeness (QED) is 0.742. The first kappa shape index (κ1) is 13.1. The first-order chi connectivity index (χ1) is 9.36. The number of aryl methyl sites for hydroxylation is 1. The van der Waals surface area contributed by atoms with Gasteiger partial charge in [0.2, 0.25) is 0 Å². The zero-order valence-electron chi connectivity index (χ0n) is 10.5. The maximum atomic E-state index is 8.72. The van der Waals surface area contributed by atoms with Crippen LogP contribution in [0.2, 0.25) is 0 Å². The van der Waals surface area contributed by atoms with Gasteiger partial charge in [0.05, 0.1) is 42.6 Å². The Morgan fingerprint density at radius 1 is 1.16 bits per heavy atom. The SMILES string of the molecule is N#CCCOCc1nc2ccccc2n1CCC#N. The second-order valence-corrected chi connectivity index (χ2v) is 4.04. The molecule has 0 unspecified atom stereocenters. The normalized spacial score (nSPS) is 10.2. The summed E-state index contributed by atoms with van der Waals surface area (Å²) in [4.78, 5) is 4.51. The van der Waals surface area contributed by atoms with Crippen LogP contribution in [0.3, 0.4) is 0 Å². The third-order valence-electron chi connectivity index (χ3n) is 2.77. The highest BCUT2D eigenvalue weighted by Crippen LogP contribution is 2.17. The molecule has 0 saturated heterocycles. The minimum Gasteiger partial charge on any atom is -0.372 e. The van der Waals surface area contributed by atoms with Crippen LogP contribution in [-0.4, -0.2) is 16.2 Å². The molecule has 0 atom stereocenters. The number of benzene rings is 1. The van der Waals surface area contributed by atoms with E-state index in [1.807, 2.05) is 34.9 Å². The third-order valence-corrected chi connectivity index (χ3v) is 2.77. The Balaban J connectivity index is 2.21. The van der Waals surface area contributed by atoms with Crippen molar-refractivity contribution in [1.29, 1.82) is 10.5 Å². The van der Waals surface area contributed by atoms with Gasteiger partial charge in [0.25, 0.3) is 0 Å². The van der Waals surface area contributed by atoms with Crippen LogP contribution < -0.4 is 0 Å². The number of hydrogen-bond donors (Lipinski definition) is 0. The zero-order valence-corrected chi connectivity index (χ0v) is 10.5. The van der Waals surface area contributed by atoms with E-state index in [9.17, 15) is 0 Å². The van der Waals surface area contributed by atoms with Gasteiger partial charge in [0.1, 0.15) is 12.4 Å². The molecular weight excluding hydrogens is 240 g/mol. The van der Waals surface area contributed by atoms with Gasteiger partial charge < -0.3 is 9.30 Å². The van der Waals surface area contributed by atoms with Crippen molar-refractivity contribution in [3.8, 4) is 12.1 Å². The smallest absolute Gasteiger partial charge is 0.136 e. The Bertz CT molecular complexity index is 633. The molecule has 1 aromatic heterocycles. The van der Waals surface area contributed by atoms with E-state index in [0.717, 1.165) is 16.9 Å². The van der Waals surface area contributed by atoms with Crippen LogP contribution in [0.15, 0.2) is 24.3 Å². The van der Waals surface area contributed by atoms with Crippen LogP contribution in [0.25, 0.3) is 11.0 Å². The predicted molar refractivity (Wildman–Crippen MR) is 69.8 cm³/mol. The highest BCUT2D eigenvalue weighted by molar-refractivity contribution is 5.75. The fourth-order valence-corrected chi connectivity index (χ4v) is 1.93. The van der Waals surface area contributed by atoms with Crippen LogP contribution in [0.5, 0.6) is 0 Å². The average Bonchev–Trinajstić information content (AvgIpc) is 2.79. The van der Waals surface area contributed by atoms with Crippen LogP contribution >= 0.6 is 0 Å². The van der Waals surface area contributed by atoms with E-state index in [4.69, 9.17) is 15.3 Å². The van der Waals surface area contributed by atoms with Crippen LogP contribution in [-0.2, 0) is 17.9 Å². The zero-order chi connectivity index (χ0) is 13.5. The van der Waals surface area contributed by atoms with Crippen LogP contribution in [0.4, 0.5) is 0 Å². The molecule has 5 nitrogen and oxygen atoms in total. The van der Waals surface area contributed by atoms with E-state index in [-0.39, 0.29) is 0 Å². The molecule has 0 spiro atoms. The van der Waals surface area contributed by atoms with E-state index in [1.165, 1.54) is 0 Å². The van der Waals surface area contributed by atoms with Crippen LogP contribution in [0, 0.1) is 22.7 Å². The summed E-state index contributed by atoms with van der Waals surface area (Å²) in [6.45, 7) is 1.37. The monoisotopic (exact) mass is 254 g/mol. The summed E-state index contributed by atoms with van der Waals surface area (Å²) in [5.41, 5.74) is 1.91. The number of nitrogens with zero attached hydrogens (tertiary/aromatic N) is 4. The Morgan fingerprint density at radius 3 is 2.74 bits per heavy atom. The van der Waals surface area contributed by atoms with Gasteiger partial charge in [-0.15, -0.1) is 0 Å². The summed E-state index contributed by atoms with van der Waals surface area (Å²) < 4.78 is 7.43. The highest BCUT2D eigenvalue weighted by Gasteiger charge is 2.09. The van der Waals surface area contributed by atoms with Crippen molar-refractivity contribution in [3.05, 3.63) is 30.1 Å². The van der Waals surface area contributed by atoms with Gasteiger partial charge in [-0.1, -0.05) is 12.1 Å². The van der Waals surface area contributed by atoms with Crippen LogP contribution in [0.1, 0.15) is 18.7 Å². The average molecular weight is 254 g/mol. The summed E-state index contributed by atoms with van der Waals surface area (Å²) >= 11 is 0. The molecule has 1 heterocycles. The number of para-hydroxylation sites is 2. The molecule has 0 saturated carbocycles. The van der Waals surface area contributed by atoms with Crippen molar-refractivity contribution in [2.45, 2.75) is 26.0 Å². The maximum Gasteiger partial charge on any atom is 0.136 e. The lowest BCUT2D eigenvalue weighted by Crippen LogP contribution is -2.06. The van der Waals surface area contributed by atoms with Crippen molar-refractivity contribution in [1.82, 2.24) is 9.55 Å². The molecule has 0 radical (unpaired) electrons. The Kier molecular flexibility index (Phi) is 4.49. The molecular formula is C14H14N4O. The molecule has 0 aliphatic carbocycles. The molecule has 1 aromatic carbocycles. The largest absolute Gasteiger partial charge is 0.372 e. The molecule has 0 aliphatic rings. The van der Waals surface area contributed by atoms with Crippen molar-refractivity contribution in [3.63, 3.8) is 0 Å². The molecule has 0 amide bonds. The lowest BCUT2D eigenvalue weighted by molar-refractivity contribution is 0.118.